The monoisotopic (exact) mass is 319 g/mol. The first-order chi connectivity index (χ1) is 11.1. The van der Waals surface area contributed by atoms with Gasteiger partial charge in [-0.2, -0.15) is 0 Å². The van der Waals surface area contributed by atoms with Crippen molar-refractivity contribution in [2.75, 3.05) is 31.7 Å². The summed E-state index contributed by atoms with van der Waals surface area (Å²) in [6.07, 6.45) is -0.283. The molecule has 0 amide bonds. The number of aryl methyl sites for hydroxylation is 2. The van der Waals surface area contributed by atoms with E-state index in [1.54, 1.807) is 17.8 Å². The van der Waals surface area contributed by atoms with E-state index in [2.05, 4.69) is 25.5 Å². The molecule has 1 saturated heterocycles. The molecule has 0 N–H and O–H groups in total. The molecule has 0 radical (unpaired) electrons. The van der Waals surface area contributed by atoms with Crippen molar-refractivity contribution >= 4 is 11.9 Å². The zero-order valence-corrected chi connectivity index (χ0v) is 13.1. The maximum atomic E-state index is 11.7. The maximum absolute atomic E-state index is 11.7. The van der Waals surface area contributed by atoms with Crippen molar-refractivity contribution in [3.05, 3.63) is 23.3 Å². The van der Waals surface area contributed by atoms with Crippen LogP contribution in [0.15, 0.2) is 6.07 Å². The van der Waals surface area contributed by atoms with Crippen molar-refractivity contribution in [3.63, 3.8) is 0 Å². The van der Waals surface area contributed by atoms with Gasteiger partial charge in [0.25, 0.3) is 0 Å². The first kappa shape index (κ1) is 15.3. The average Bonchev–Trinajstić information content (AvgIpc) is 2.99. The quantitative estimate of drug-likeness (QED) is 0.703. The Kier molecular flexibility index (Phi) is 4.15. The van der Waals surface area contributed by atoms with Gasteiger partial charge in [-0.25, -0.2) is 19.4 Å². The molecule has 0 aromatic carbocycles. The van der Waals surface area contributed by atoms with Crippen LogP contribution in [0.1, 0.15) is 28.1 Å². The summed E-state index contributed by atoms with van der Waals surface area (Å²) in [5, 5.41) is 11.4. The van der Waals surface area contributed by atoms with Crippen molar-refractivity contribution in [1.82, 2.24) is 30.2 Å². The number of rotatable bonds is 3. The van der Waals surface area contributed by atoms with Crippen molar-refractivity contribution < 1.29 is 14.3 Å². The third-order valence-corrected chi connectivity index (χ3v) is 3.53. The van der Waals surface area contributed by atoms with Gasteiger partial charge in [-0.05, 0) is 23.4 Å². The van der Waals surface area contributed by atoms with E-state index in [9.17, 15) is 4.79 Å². The summed E-state index contributed by atoms with van der Waals surface area (Å²) in [6.45, 7) is 3.41. The highest BCUT2D eigenvalue weighted by molar-refractivity contribution is 5.87. The summed E-state index contributed by atoms with van der Waals surface area (Å²) in [5.74, 6) is 0.614. The highest BCUT2D eigenvalue weighted by Gasteiger charge is 2.28. The molecular formula is C13H17N7O3. The van der Waals surface area contributed by atoms with Gasteiger partial charge in [0, 0.05) is 19.3 Å². The minimum absolute atomic E-state index is 0.235. The van der Waals surface area contributed by atoms with Crippen molar-refractivity contribution in [2.45, 2.75) is 13.0 Å². The van der Waals surface area contributed by atoms with Gasteiger partial charge in [0.1, 0.15) is 6.10 Å². The van der Waals surface area contributed by atoms with Gasteiger partial charge in [-0.15, -0.1) is 5.10 Å². The van der Waals surface area contributed by atoms with Crippen molar-refractivity contribution in [3.8, 4) is 0 Å². The number of ether oxygens (including phenoxy) is 2. The van der Waals surface area contributed by atoms with Crippen molar-refractivity contribution in [2.24, 2.45) is 7.05 Å². The van der Waals surface area contributed by atoms with Crippen LogP contribution in [0.3, 0.4) is 0 Å². The number of esters is 1. The maximum Gasteiger partial charge on any atom is 0.356 e. The molecule has 1 aliphatic heterocycles. The molecule has 1 unspecified atom stereocenters. The Morgan fingerprint density at radius 3 is 2.96 bits per heavy atom. The normalized spacial score (nSPS) is 18.0. The lowest BCUT2D eigenvalue weighted by Crippen LogP contribution is -2.40. The lowest BCUT2D eigenvalue weighted by atomic mass is 10.2. The summed E-state index contributed by atoms with van der Waals surface area (Å²) >= 11 is 0. The van der Waals surface area contributed by atoms with Crippen LogP contribution in [0.4, 0.5) is 5.95 Å². The lowest BCUT2D eigenvalue weighted by Gasteiger charge is -2.32. The molecule has 1 aliphatic rings. The van der Waals surface area contributed by atoms with Crippen LogP contribution in [0.25, 0.3) is 0 Å². The Morgan fingerprint density at radius 2 is 2.26 bits per heavy atom. The van der Waals surface area contributed by atoms with E-state index in [0.717, 1.165) is 0 Å². The zero-order valence-electron chi connectivity index (χ0n) is 13.1. The third-order valence-electron chi connectivity index (χ3n) is 3.53. The van der Waals surface area contributed by atoms with Crippen LogP contribution in [-0.4, -0.2) is 63.0 Å². The SMILES string of the molecule is COC(=O)c1cc(C)nc(N2CCOC(c3nnnn3C)C2)n1. The van der Waals surface area contributed by atoms with Crippen LogP contribution in [0.2, 0.25) is 0 Å². The molecule has 10 heteroatoms. The number of nitrogens with zero attached hydrogens (tertiary/aromatic N) is 7. The molecule has 2 aromatic rings. The first-order valence-electron chi connectivity index (χ1n) is 7.11. The van der Waals surface area contributed by atoms with E-state index in [0.29, 0.717) is 37.2 Å². The molecule has 10 nitrogen and oxygen atoms in total. The van der Waals surface area contributed by atoms with Crippen LogP contribution in [-0.2, 0) is 16.5 Å². The number of hydrogen-bond donors (Lipinski definition) is 0. The number of aromatic nitrogens is 6. The molecule has 1 fully saturated rings. The smallest absolute Gasteiger partial charge is 0.356 e. The Bertz CT molecular complexity index is 717. The molecular weight excluding hydrogens is 302 g/mol. The highest BCUT2D eigenvalue weighted by atomic mass is 16.5. The van der Waals surface area contributed by atoms with Crippen molar-refractivity contribution in [1.29, 1.82) is 0 Å². The minimum Gasteiger partial charge on any atom is -0.464 e. The van der Waals surface area contributed by atoms with E-state index in [4.69, 9.17) is 9.47 Å². The van der Waals surface area contributed by atoms with Gasteiger partial charge in [0.15, 0.2) is 11.5 Å². The van der Waals surface area contributed by atoms with Crippen LogP contribution >= 0.6 is 0 Å². The lowest BCUT2D eigenvalue weighted by molar-refractivity contribution is 0.0310. The Balaban J connectivity index is 1.85. The summed E-state index contributed by atoms with van der Waals surface area (Å²) in [4.78, 5) is 22.4. The Morgan fingerprint density at radius 1 is 1.43 bits per heavy atom. The number of carbonyl (C=O) groups is 1. The van der Waals surface area contributed by atoms with E-state index in [1.807, 2.05) is 11.8 Å². The minimum atomic E-state index is -0.487. The van der Waals surface area contributed by atoms with Gasteiger partial charge < -0.3 is 14.4 Å². The van der Waals surface area contributed by atoms with Gasteiger partial charge in [0.05, 0.1) is 20.3 Å². The molecule has 1 atom stereocenters. The average molecular weight is 319 g/mol. The second-order valence-corrected chi connectivity index (χ2v) is 5.15. The second kappa shape index (κ2) is 6.24. The van der Waals surface area contributed by atoms with Gasteiger partial charge in [-0.3, -0.25) is 0 Å². The van der Waals surface area contributed by atoms with Crippen LogP contribution < -0.4 is 4.90 Å². The predicted octanol–water partition coefficient (Wildman–Crippen LogP) is -0.327. The number of hydrogen-bond acceptors (Lipinski definition) is 9. The highest BCUT2D eigenvalue weighted by Crippen LogP contribution is 2.22. The first-order valence-corrected chi connectivity index (χ1v) is 7.11. The van der Waals surface area contributed by atoms with Gasteiger partial charge in [-0.1, -0.05) is 0 Å². The summed E-state index contributed by atoms with van der Waals surface area (Å²) < 4.78 is 12.0. The number of carbonyl (C=O) groups excluding carboxylic acids is 1. The summed E-state index contributed by atoms with van der Waals surface area (Å²) in [5.41, 5.74) is 0.928. The van der Waals surface area contributed by atoms with E-state index in [-0.39, 0.29) is 11.8 Å². The molecule has 3 heterocycles. The Hall–Kier alpha value is -2.62. The fraction of sp³-hybridized carbons (Fsp3) is 0.538. The van der Waals surface area contributed by atoms with E-state index < -0.39 is 5.97 Å². The van der Waals surface area contributed by atoms with Gasteiger partial charge >= 0.3 is 5.97 Å². The molecule has 2 aromatic heterocycles. The third kappa shape index (κ3) is 3.11. The fourth-order valence-electron chi connectivity index (χ4n) is 2.40. The van der Waals surface area contributed by atoms with Gasteiger partial charge in [0.2, 0.25) is 5.95 Å². The number of tetrazole rings is 1. The summed E-state index contributed by atoms with van der Waals surface area (Å²) in [7, 11) is 3.08. The number of methoxy groups -OCH3 is 1. The zero-order chi connectivity index (χ0) is 16.4. The predicted molar refractivity (Wildman–Crippen MR) is 77.8 cm³/mol. The fourth-order valence-corrected chi connectivity index (χ4v) is 2.40. The van der Waals surface area contributed by atoms with Crippen LogP contribution in [0, 0.1) is 6.92 Å². The molecule has 23 heavy (non-hydrogen) atoms. The Labute approximate surface area is 132 Å². The molecule has 0 bridgehead atoms. The molecule has 122 valence electrons. The molecule has 3 rings (SSSR count). The van der Waals surface area contributed by atoms with Crippen LogP contribution in [0.5, 0.6) is 0 Å². The topological polar surface area (TPSA) is 108 Å². The molecule has 0 saturated carbocycles. The summed E-state index contributed by atoms with van der Waals surface area (Å²) in [6, 6.07) is 1.60. The largest absolute Gasteiger partial charge is 0.464 e. The standard InChI is InChI=1S/C13H17N7O3/c1-8-6-9(12(21)22-3)15-13(14-8)20-4-5-23-10(7-20)11-16-17-18-19(11)2/h6,10H,4-5,7H2,1-3H3. The molecule has 0 aliphatic carbocycles. The van der Waals surface area contributed by atoms with E-state index >= 15 is 0 Å². The second-order valence-electron chi connectivity index (χ2n) is 5.15. The van der Waals surface area contributed by atoms with E-state index in [1.165, 1.54) is 7.11 Å². The number of anilines is 1. The molecule has 0 spiro atoms. The number of morpholine rings is 1.